The molecule has 3 N–H and O–H groups in total. The average Bonchev–Trinajstić information content (AvgIpc) is 2.24. The van der Waals surface area contributed by atoms with Crippen LogP contribution in [-0.2, 0) is 4.79 Å². The van der Waals surface area contributed by atoms with Crippen molar-refractivity contribution in [3.05, 3.63) is 0 Å². The summed E-state index contributed by atoms with van der Waals surface area (Å²) in [5, 5.41) is 19.7. The van der Waals surface area contributed by atoms with Gasteiger partial charge in [-0.3, -0.25) is 0 Å². The van der Waals surface area contributed by atoms with Gasteiger partial charge in [-0.25, -0.2) is 9.59 Å². The molecule has 0 bridgehead atoms. The van der Waals surface area contributed by atoms with E-state index in [4.69, 9.17) is 10.2 Å². The molecule has 7 heteroatoms. The third-order valence-electron chi connectivity index (χ3n) is 2.12. The standard InChI is InChI=1S/C9H18N2O4S/c1-6(5-16-3)11(2)9(15)10-4-7(12)8(13)14/h6-7,12H,4-5H2,1-3H3,(H,10,15)(H,13,14). The fourth-order valence-electron chi connectivity index (χ4n) is 0.949. The number of aliphatic hydroxyl groups is 1. The summed E-state index contributed by atoms with van der Waals surface area (Å²) in [5.41, 5.74) is 0. The topological polar surface area (TPSA) is 89.9 Å². The molecule has 16 heavy (non-hydrogen) atoms. The molecule has 0 aliphatic carbocycles. The van der Waals surface area contributed by atoms with Crippen molar-refractivity contribution in [3.8, 4) is 0 Å². The average molecular weight is 250 g/mol. The van der Waals surface area contributed by atoms with Crippen LogP contribution in [0.4, 0.5) is 4.79 Å². The summed E-state index contributed by atoms with van der Waals surface area (Å²) in [5.74, 6) is -0.550. The van der Waals surface area contributed by atoms with Gasteiger partial charge in [0.25, 0.3) is 0 Å². The van der Waals surface area contributed by atoms with Gasteiger partial charge in [0.1, 0.15) is 0 Å². The van der Waals surface area contributed by atoms with Gasteiger partial charge in [0, 0.05) is 18.8 Å². The minimum atomic E-state index is -1.56. The van der Waals surface area contributed by atoms with Gasteiger partial charge in [-0.2, -0.15) is 11.8 Å². The highest BCUT2D eigenvalue weighted by molar-refractivity contribution is 7.98. The third kappa shape index (κ3) is 5.22. The summed E-state index contributed by atoms with van der Waals surface area (Å²) in [7, 11) is 1.63. The molecule has 2 atom stereocenters. The fraction of sp³-hybridized carbons (Fsp3) is 0.778. The third-order valence-corrected chi connectivity index (χ3v) is 2.94. The second-order valence-electron chi connectivity index (χ2n) is 3.46. The van der Waals surface area contributed by atoms with E-state index < -0.39 is 12.1 Å². The predicted molar refractivity (Wildman–Crippen MR) is 62.6 cm³/mol. The van der Waals surface area contributed by atoms with Gasteiger partial charge in [0.15, 0.2) is 6.10 Å². The maximum Gasteiger partial charge on any atom is 0.334 e. The summed E-state index contributed by atoms with van der Waals surface area (Å²) in [6.45, 7) is 1.61. The van der Waals surface area contributed by atoms with Crippen molar-refractivity contribution in [3.63, 3.8) is 0 Å². The van der Waals surface area contributed by atoms with E-state index in [1.807, 2.05) is 13.2 Å². The molecule has 0 aromatic rings. The summed E-state index contributed by atoms with van der Waals surface area (Å²) < 4.78 is 0. The number of nitrogens with zero attached hydrogens (tertiary/aromatic N) is 1. The molecular weight excluding hydrogens is 232 g/mol. The first-order chi connectivity index (χ1) is 7.40. The Morgan fingerprint density at radius 2 is 2.06 bits per heavy atom. The summed E-state index contributed by atoms with van der Waals surface area (Å²) >= 11 is 1.62. The van der Waals surface area contributed by atoms with E-state index in [2.05, 4.69) is 5.32 Å². The number of carbonyl (C=O) groups excluding carboxylic acids is 1. The smallest absolute Gasteiger partial charge is 0.334 e. The number of rotatable bonds is 6. The van der Waals surface area contributed by atoms with Crippen molar-refractivity contribution in [1.82, 2.24) is 10.2 Å². The second-order valence-corrected chi connectivity index (χ2v) is 4.37. The quantitative estimate of drug-likeness (QED) is 0.608. The number of carbonyl (C=O) groups is 2. The highest BCUT2D eigenvalue weighted by Crippen LogP contribution is 2.03. The lowest BCUT2D eigenvalue weighted by Gasteiger charge is -2.24. The molecule has 0 aromatic carbocycles. The lowest BCUT2D eigenvalue weighted by atomic mass is 10.3. The SMILES string of the molecule is CSCC(C)N(C)C(=O)NCC(O)C(=O)O. The monoisotopic (exact) mass is 250 g/mol. The van der Waals surface area contributed by atoms with Crippen LogP contribution in [0, 0.1) is 0 Å². The van der Waals surface area contributed by atoms with Crippen LogP contribution in [0.3, 0.4) is 0 Å². The van der Waals surface area contributed by atoms with Crippen LogP contribution >= 0.6 is 11.8 Å². The van der Waals surface area contributed by atoms with Crippen LogP contribution in [-0.4, -0.2) is 64.9 Å². The molecule has 0 heterocycles. The molecule has 0 aromatic heterocycles. The maximum absolute atomic E-state index is 11.5. The van der Waals surface area contributed by atoms with Crippen LogP contribution in [0.5, 0.6) is 0 Å². The number of hydrogen-bond donors (Lipinski definition) is 3. The van der Waals surface area contributed by atoms with Gasteiger partial charge in [0.2, 0.25) is 0 Å². The molecule has 0 aliphatic rings. The zero-order valence-corrected chi connectivity index (χ0v) is 10.5. The Bertz CT molecular complexity index is 250. The first-order valence-corrected chi connectivity index (χ1v) is 6.20. The first kappa shape index (κ1) is 15.0. The number of amides is 2. The highest BCUT2D eigenvalue weighted by Gasteiger charge is 2.18. The number of aliphatic hydroxyl groups excluding tert-OH is 1. The van der Waals surface area contributed by atoms with Crippen molar-refractivity contribution in [2.75, 3.05) is 25.6 Å². The molecule has 0 rings (SSSR count). The molecular formula is C9H18N2O4S. The van der Waals surface area contributed by atoms with Crippen molar-refractivity contribution in [2.45, 2.75) is 19.1 Å². The van der Waals surface area contributed by atoms with Gasteiger partial charge < -0.3 is 20.4 Å². The van der Waals surface area contributed by atoms with E-state index in [-0.39, 0.29) is 18.6 Å². The normalized spacial score (nSPS) is 14.0. The van der Waals surface area contributed by atoms with Gasteiger partial charge >= 0.3 is 12.0 Å². The molecule has 0 fully saturated rings. The number of thioether (sulfide) groups is 1. The number of aliphatic carboxylic acids is 1. The maximum atomic E-state index is 11.5. The van der Waals surface area contributed by atoms with Gasteiger partial charge in [-0.05, 0) is 13.2 Å². The number of hydrogen-bond acceptors (Lipinski definition) is 4. The van der Waals surface area contributed by atoms with E-state index in [9.17, 15) is 9.59 Å². The Labute approximate surface area is 99.0 Å². The molecule has 2 amide bonds. The van der Waals surface area contributed by atoms with Gasteiger partial charge in [0.05, 0.1) is 6.54 Å². The van der Waals surface area contributed by atoms with Crippen molar-refractivity contribution >= 4 is 23.8 Å². The summed E-state index contributed by atoms with van der Waals surface area (Å²) in [6, 6.07) is -0.334. The Morgan fingerprint density at radius 3 is 2.50 bits per heavy atom. The highest BCUT2D eigenvalue weighted by atomic mass is 32.2. The predicted octanol–water partition coefficient (Wildman–Crippen LogP) is -0.175. The zero-order chi connectivity index (χ0) is 12.7. The molecule has 2 unspecified atom stereocenters. The minimum absolute atomic E-state index is 0.0528. The van der Waals surface area contributed by atoms with Gasteiger partial charge in [-0.1, -0.05) is 0 Å². The molecule has 0 aliphatic heterocycles. The van der Waals surface area contributed by atoms with Crippen molar-refractivity contribution in [2.24, 2.45) is 0 Å². The summed E-state index contributed by atoms with van der Waals surface area (Å²) in [4.78, 5) is 23.3. The van der Waals surface area contributed by atoms with E-state index in [1.54, 1.807) is 18.8 Å². The Morgan fingerprint density at radius 1 is 1.50 bits per heavy atom. The van der Waals surface area contributed by atoms with E-state index in [0.717, 1.165) is 5.75 Å². The lowest BCUT2D eigenvalue weighted by molar-refractivity contribution is -0.146. The van der Waals surface area contributed by atoms with Gasteiger partial charge in [-0.15, -0.1) is 0 Å². The largest absolute Gasteiger partial charge is 0.479 e. The number of carboxylic acids is 1. The fourth-order valence-corrected chi connectivity index (χ4v) is 1.66. The van der Waals surface area contributed by atoms with Crippen LogP contribution in [0.1, 0.15) is 6.92 Å². The minimum Gasteiger partial charge on any atom is -0.479 e. The molecule has 0 saturated heterocycles. The second kappa shape index (κ2) is 7.34. The molecule has 94 valence electrons. The van der Waals surface area contributed by atoms with Crippen LogP contribution in [0.25, 0.3) is 0 Å². The van der Waals surface area contributed by atoms with Crippen LogP contribution in [0.15, 0.2) is 0 Å². The molecule has 0 radical (unpaired) electrons. The molecule has 0 saturated carbocycles. The van der Waals surface area contributed by atoms with Crippen LogP contribution in [0.2, 0.25) is 0 Å². The summed E-state index contributed by atoms with van der Waals surface area (Å²) in [6.07, 6.45) is 0.379. The van der Waals surface area contributed by atoms with Crippen LogP contribution < -0.4 is 5.32 Å². The molecule has 6 nitrogen and oxygen atoms in total. The number of carboxylic acid groups (broad SMARTS) is 1. The first-order valence-electron chi connectivity index (χ1n) is 4.80. The Kier molecular flexibility index (Phi) is 6.91. The van der Waals surface area contributed by atoms with E-state index in [0.29, 0.717) is 0 Å². The van der Waals surface area contributed by atoms with E-state index >= 15 is 0 Å². The number of nitrogens with one attached hydrogen (secondary N) is 1. The van der Waals surface area contributed by atoms with E-state index in [1.165, 1.54) is 4.90 Å². The number of urea groups is 1. The lowest BCUT2D eigenvalue weighted by Crippen LogP contribution is -2.46. The van der Waals surface area contributed by atoms with Crippen molar-refractivity contribution < 1.29 is 19.8 Å². The zero-order valence-electron chi connectivity index (χ0n) is 9.64. The molecule has 0 spiro atoms. The van der Waals surface area contributed by atoms with Crippen molar-refractivity contribution in [1.29, 1.82) is 0 Å². The Balaban J connectivity index is 4.01. The Hall–Kier alpha value is -0.950.